The Bertz CT molecular complexity index is 990. The highest BCUT2D eigenvalue weighted by Gasteiger charge is 2.20. The standard InChI is InChI=1S/C23H26FN3O/c1-14(2)17(5)25-23(28)22-13-21(18-7-6-15(3)16(4)12-18)26-27(22)20-10-8-19(24)9-11-20/h6-14,17H,1-5H3,(H,25,28). The maximum absolute atomic E-state index is 13.4. The minimum Gasteiger partial charge on any atom is -0.348 e. The maximum atomic E-state index is 13.4. The summed E-state index contributed by atoms with van der Waals surface area (Å²) in [5.41, 5.74) is 5.06. The van der Waals surface area contributed by atoms with Crippen molar-refractivity contribution in [1.29, 1.82) is 0 Å². The van der Waals surface area contributed by atoms with Crippen LogP contribution in [0.2, 0.25) is 0 Å². The first kappa shape index (κ1) is 19.8. The van der Waals surface area contributed by atoms with Gasteiger partial charge >= 0.3 is 0 Å². The summed E-state index contributed by atoms with van der Waals surface area (Å²) in [6, 6.07) is 13.9. The van der Waals surface area contributed by atoms with Gasteiger partial charge in [-0.05, 0) is 74.2 Å². The van der Waals surface area contributed by atoms with Gasteiger partial charge in [-0.15, -0.1) is 0 Å². The highest BCUT2D eigenvalue weighted by Crippen LogP contribution is 2.24. The Labute approximate surface area is 165 Å². The predicted octanol–water partition coefficient (Wildman–Crippen LogP) is 5.07. The molecule has 0 saturated heterocycles. The maximum Gasteiger partial charge on any atom is 0.270 e. The number of aromatic nitrogens is 2. The smallest absolute Gasteiger partial charge is 0.270 e. The van der Waals surface area contributed by atoms with E-state index in [1.165, 1.54) is 17.7 Å². The third-order valence-corrected chi connectivity index (χ3v) is 5.17. The molecule has 0 radical (unpaired) electrons. The summed E-state index contributed by atoms with van der Waals surface area (Å²) in [7, 11) is 0. The van der Waals surface area contributed by atoms with Crippen molar-refractivity contribution in [1.82, 2.24) is 15.1 Å². The average molecular weight is 379 g/mol. The van der Waals surface area contributed by atoms with E-state index >= 15 is 0 Å². The number of benzene rings is 2. The Kier molecular flexibility index (Phi) is 5.63. The van der Waals surface area contributed by atoms with E-state index in [4.69, 9.17) is 0 Å². The highest BCUT2D eigenvalue weighted by molar-refractivity contribution is 5.94. The summed E-state index contributed by atoms with van der Waals surface area (Å²) in [4.78, 5) is 12.9. The SMILES string of the molecule is Cc1ccc(-c2cc(C(=O)NC(C)C(C)C)n(-c3ccc(F)cc3)n2)cc1C. The Morgan fingerprint density at radius 1 is 1.00 bits per heavy atom. The van der Waals surface area contributed by atoms with Crippen molar-refractivity contribution in [2.75, 3.05) is 0 Å². The summed E-state index contributed by atoms with van der Waals surface area (Å²) in [6.45, 7) is 10.2. The predicted molar refractivity (Wildman–Crippen MR) is 110 cm³/mol. The Balaban J connectivity index is 2.07. The number of carbonyl (C=O) groups excluding carboxylic acids is 1. The van der Waals surface area contributed by atoms with Crippen LogP contribution in [0.1, 0.15) is 42.4 Å². The van der Waals surface area contributed by atoms with Crippen LogP contribution >= 0.6 is 0 Å². The lowest BCUT2D eigenvalue weighted by Crippen LogP contribution is -2.37. The zero-order chi connectivity index (χ0) is 20.4. The van der Waals surface area contributed by atoms with Crippen molar-refractivity contribution in [2.24, 2.45) is 5.92 Å². The first-order valence-electron chi connectivity index (χ1n) is 9.50. The number of rotatable bonds is 5. The molecule has 2 aromatic carbocycles. The molecule has 0 aliphatic carbocycles. The van der Waals surface area contributed by atoms with Crippen LogP contribution < -0.4 is 5.32 Å². The van der Waals surface area contributed by atoms with E-state index in [0.29, 0.717) is 23.0 Å². The molecule has 1 atom stereocenters. The Morgan fingerprint density at radius 3 is 2.29 bits per heavy atom. The molecule has 1 N–H and O–H groups in total. The summed E-state index contributed by atoms with van der Waals surface area (Å²) in [5.74, 6) is -0.219. The third kappa shape index (κ3) is 4.14. The number of amides is 1. The molecule has 0 saturated carbocycles. The van der Waals surface area contributed by atoms with Gasteiger partial charge in [-0.25, -0.2) is 9.07 Å². The van der Waals surface area contributed by atoms with E-state index in [9.17, 15) is 9.18 Å². The van der Waals surface area contributed by atoms with Crippen molar-refractivity contribution in [3.8, 4) is 16.9 Å². The summed E-state index contributed by atoms with van der Waals surface area (Å²) in [5, 5.41) is 7.69. The lowest BCUT2D eigenvalue weighted by Gasteiger charge is -2.17. The van der Waals surface area contributed by atoms with Crippen molar-refractivity contribution < 1.29 is 9.18 Å². The van der Waals surface area contributed by atoms with Crippen LogP contribution in [0.15, 0.2) is 48.5 Å². The lowest BCUT2D eigenvalue weighted by molar-refractivity contribution is 0.0922. The van der Waals surface area contributed by atoms with Crippen LogP contribution in [0.3, 0.4) is 0 Å². The molecule has 1 unspecified atom stereocenters. The number of halogens is 1. The lowest BCUT2D eigenvalue weighted by atomic mass is 10.0. The monoisotopic (exact) mass is 379 g/mol. The van der Waals surface area contributed by atoms with Crippen LogP contribution in [0.4, 0.5) is 4.39 Å². The highest BCUT2D eigenvalue weighted by atomic mass is 19.1. The minimum absolute atomic E-state index is 0.0223. The van der Waals surface area contributed by atoms with Gasteiger partial charge in [0.05, 0.1) is 11.4 Å². The summed E-state index contributed by atoms with van der Waals surface area (Å²) >= 11 is 0. The number of nitrogens with one attached hydrogen (secondary N) is 1. The van der Waals surface area contributed by atoms with Crippen molar-refractivity contribution >= 4 is 5.91 Å². The normalized spacial score (nSPS) is 12.2. The van der Waals surface area contributed by atoms with Gasteiger partial charge in [0, 0.05) is 11.6 Å². The van der Waals surface area contributed by atoms with E-state index in [1.54, 1.807) is 22.9 Å². The van der Waals surface area contributed by atoms with Gasteiger partial charge in [0.25, 0.3) is 5.91 Å². The molecule has 28 heavy (non-hydrogen) atoms. The molecule has 0 spiro atoms. The Morgan fingerprint density at radius 2 is 1.68 bits per heavy atom. The number of aryl methyl sites for hydroxylation is 2. The van der Waals surface area contributed by atoms with E-state index < -0.39 is 0 Å². The molecular formula is C23H26FN3O. The molecule has 146 valence electrons. The molecule has 3 rings (SSSR count). The second kappa shape index (κ2) is 7.97. The average Bonchev–Trinajstić information content (AvgIpc) is 3.10. The molecule has 1 amide bonds. The third-order valence-electron chi connectivity index (χ3n) is 5.17. The topological polar surface area (TPSA) is 46.9 Å². The minimum atomic E-state index is -0.329. The number of nitrogens with zero attached hydrogens (tertiary/aromatic N) is 2. The van der Waals surface area contributed by atoms with Crippen LogP contribution in [0.5, 0.6) is 0 Å². The quantitative estimate of drug-likeness (QED) is 0.673. The first-order valence-corrected chi connectivity index (χ1v) is 9.50. The number of hydrogen-bond acceptors (Lipinski definition) is 2. The molecule has 4 nitrogen and oxygen atoms in total. The molecule has 3 aromatic rings. The molecule has 0 aliphatic rings. The van der Waals surface area contributed by atoms with E-state index in [0.717, 1.165) is 11.1 Å². The van der Waals surface area contributed by atoms with Gasteiger partial charge in [-0.3, -0.25) is 4.79 Å². The van der Waals surface area contributed by atoms with Gasteiger partial charge in [-0.2, -0.15) is 5.10 Å². The van der Waals surface area contributed by atoms with Crippen LogP contribution in [0, 0.1) is 25.6 Å². The van der Waals surface area contributed by atoms with E-state index in [1.807, 2.05) is 26.0 Å². The fourth-order valence-corrected chi connectivity index (χ4v) is 2.81. The number of carbonyl (C=O) groups is 1. The summed E-state index contributed by atoms with van der Waals surface area (Å²) < 4.78 is 14.9. The van der Waals surface area contributed by atoms with Crippen molar-refractivity contribution in [3.63, 3.8) is 0 Å². The van der Waals surface area contributed by atoms with Crippen LogP contribution in [-0.4, -0.2) is 21.7 Å². The fourth-order valence-electron chi connectivity index (χ4n) is 2.81. The number of hydrogen-bond donors (Lipinski definition) is 1. The van der Waals surface area contributed by atoms with Gasteiger partial charge in [0.2, 0.25) is 0 Å². The Hall–Kier alpha value is -2.95. The fraction of sp³-hybridized carbons (Fsp3) is 0.304. The molecule has 0 bridgehead atoms. The molecule has 1 aromatic heterocycles. The van der Waals surface area contributed by atoms with Crippen molar-refractivity contribution in [2.45, 2.75) is 40.7 Å². The van der Waals surface area contributed by atoms with Crippen molar-refractivity contribution in [3.05, 3.63) is 71.2 Å². The van der Waals surface area contributed by atoms with Gasteiger partial charge in [-0.1, -0.05) is 26.0 Å². The molecule has 0 aliphatic heterocycles. The van der Waals surface area contributed by atoms with Gasteiger partial charge in [0.1, 0.15) is 11.5 Å². The van der Waals surface area contributed by atoms with Gasteiger partial charge < -0.3 is 5.32 Å². The zero-order valence-corrected chi connectivity index (χ0v) is 17.0. The zero-order valence-electron chi connectivity index (χ0n) is 17.0. The second-order valence-corrected chi connectivity index (χ2v) is 7.61. The second-order valence-electron chi connectivity index (χ2n) is 7.61. The summed E-state index contributed by atoms with van der Waals surface area (Å²) in [6.07, 6.45) is 0. The van der Waals surface area contributed by atoms with Crippen LogP contribution in [-0.2, 0) is 0 Å². The molecule has 1 heterocycles. The van der Waals surface area contributed by atoms with Crippen LogP contribution in [0.25, 0.3) is 16.9 Å². The largest absolute Gasteiger partial charge is 0.348 e. The van der Waals surface area contributed by atoms with Gasteiger partial charge in [0.15, 0.2) is 0 Å². The van der Waals surface area contributed by atoms with E-state index in [-0.39, 0.29) is 17.8 Å². The first-order chi connectivity index (χ1) is 13.3. The molecular weight excluding hydrogens is 353 g/mol. The molecule has 0 fully saturated rings. The van der Waals surface area contributed by atoms with E-state index in [2.05, 4.69) is 37.3 Å². The molecule has 5 heteroatoms.